The van der Waals surface area contributed by atoms with Crippen LogP contribution in [0, 0.1) is 0 Å². The molecule has 100 valence electrons. The van der Waals surface area contributed by atoms with Crippen LogP contribution in [0.4, 0.5) is 0 Å². The Hall–Kier alpha value is -1.62. The normalized spacial score (nSPS) is 11.6. The van der Waals surface area contributed by atoms with Gasteiger partial charge in [0, 0.05) is 5.56 Å². The van der Waals surface area contributed by atoms with Crippen molar-refractivity contribution in [1.29, 1.82) is 0 Å². The van der Waals surface area contributed by atoms with Crippen LogP contribution < -0.4 is 14.2 Å². The Bertz CT molecular complexity index is 433. The summed E-state index contributed by atoms with van der Waals surface area (Å²) in [5.41, 5.74) is 0.462. The lowest BCUT2D eigenvalue weighted by molar-refractivity contribution is -0.140. The highest BCUT2D eigenvalue weighted by molar-refractivity contribution is 6.30. The molecule has 0 saturated heterocycles. The molecule has 6 heteroatoms. The van der Waals surface area contributed by atoms with Crippen LogP contribution in [0.3, 0.4) is 0 Å². The second kappa shape index (κ2) is 6.35. The number of halogens is 1. The van der Waals surface area contributed by atoms with Crippen LogP contribution in [-0.2, 0) is 9.53 Å². The molecule has 1 atom stereocenters. The molecule has 0 saturated carbocycles. The molecular formula is C12H15ClO5. The second-order valence-corrected chi connectivity index (χ2v) is 3.75. The first-order valence-electron chi connectivity index (χ1n) is 5.11. The minimum Gasteiger partial charge on any atom is -0.493 e. The highest BCUT2D eigenvalue weighted by Gasteiger charge is 2.26. The molecule has 1 aromatic carbocycles. The van der Waals surface area contributed by atoms with Gasteiger partial charge in [-0.2, -0.15) is 0 Å². The zero-order chi connectivity index (χ0) is 13.7. The van der Waals surface area contributed by atoms with Crippen molar-refractivity contribution in [2.45, 2.75) is 5.38 Å². The number of carbonyl (C=O) groups excluding carboxylic acids is 1. The molecule has 1 rings (SSSR count). The second-order valence-electron chi connectivity index (χ2n) is 3.31. The average Bonchev–Trinajstić information content (AvgIpc) is 2.43. The van der Waals surface area contributed by atoms with Crippen molar-refractivity contribution in [2.75, 3.05) is 28.4 Å². The van der Waals surface area contributed by atoms with E-state index in [1.807, 2.05) is 0 Å². The number of esters is 1. The lowest BCUT2D eigenvalue weighted by Crippen LogP contribution is -2.10. The molecule has 0 heterocycles. The van der Waals surface area contributed by atoms with Gasteiger partial charge in [-0.3, -0.25) is 4.79 Å². The molecule has 0 aromatic heterocycles. The van der Waals surface area contributed by atoms with Gasteiger partial charge in [0.2, 0.25) is 5.75 Å². The Morgan fingerprint density at radius 3 is 2.11 bits per heavy atom. The average molecular weight is 275 g/mol. The molecule has 1 aromatic rings. The van der Waals surface area contributed by atoms with Crippen molar-refractivity contribution in [3.8, 4) is 17.2 Å². The van der Waals surface area contributed by atoms with Crippen LogP contribution in [0.5, 0.6) is 17.2 Å². The van der Waals surface area contributed by atoms with Crippen LogP contribution in [0.1, 0.15) is 10.9 Å². The van der Waals surface area contributed by atoms with Gasteiger partial charge >= 0.3 is 5.97 Å². The Morgan fingerprint density at radius 1 is 1.06 bits per heavy atom. The molecule has 0 aliphatic heterocycles. The molecule has 0 spiro atoms. The summed E-state index contributed by atoms with van der Waals surface area (Å²) in [6.45, 7) is 0. The van der Waals surface area contributed by atoms with Crippen molar-refractivity contribution in [3.05, 3.63) is 17.7 Å². The van der Waals surface area contributed by atoms with E-state index >= 15 is 0 Å². The fourth-order valence-electron chi connectivity index (χ4n) is 1.55. The Labute approximate surface area is 111 Å². The summed E-state index contributed by atoms with van der Waals surface area (Å²) in [5.74, 6) is 0.656. The Balaban J connectivity index is 3.33. The van der Waals surface area contributed by atoms with Gasteiger partial charge in [-0.1, -0.05) is 0 Å². The molecular weight excluding hydrogens is 260 g/mol. The lowest BCUT2D eigenvalue weighted by atomic mass is 10.1. The molecule has 0 radical (unpaired) electrons. The summed E-state index contributed by atoms with van der Waals surface area (Å²) < 4.78 is 20.2. The summed E-state index contributed by atoms with van der Waals surface area (Å²) in [5, 5.41) is -0.968. The van der Waals surface area contributed by atoms with E-state index in [4.69, 9.17) is 25.8 Å². The molecule has 0 aliphatic carbocycles. The predicted octanol–water partition coefficient (Wildman–Crippen LogP) is 2.17. The van der Waals surface area contributed by atoms with Crippen molar-refractivity contribution in [3.63, 3.8) is 0 Å². The summed E-state index contributed by atoms with van der Waals surface area (Å²) in [7, 11) is 5.72. The fourth-order valence-corrected chi connectivity index (χ4v) is 1.82. The van der Waals surface area contributed by atoms with Crippen molar-refractivity contribution in [2.24, 2.45) is 0 Å². The van der Waals surface area contributed by atoms with Gasteiger partial charge in [0.25, 0.3) is 0 Å². The first-order chi connectivity index (χ1) is 8.60. The van der Waals surface area contributed by atoms with Crippen molar-refractivity contribution in [1.82, 2.24) is 0 Å². The third kappa shape index (κ3) is 2.61. The van der Waals surface area contributed by atoms with Gasteiger partial charge < -0.3 is 18.9 Å². The van der Waals surface area contributed by atoms with Gasteiger partial charge in [0.05, 0.1) is 28.4 Å². The summed E-state index contributed by atoms with van der Waals surface area (Å²) >= 11 is 6.01. The van der Waals surface area contributed by atoms with E-state index in [0.717, 1.165) is 0 Å². The maximum Gasteiger partial charge on any atom is 0.328 e. The van der Waals surface area contributed by atoms with Gasteiger partial charge in [-0.05, 0) is 12.1 Å². The monoisotopic (exact) mass is 274 g/mol. The lowest BCUT2D eigenvalue weighted by Gasteiger charge is -2.17. The minimum absolute atomic E-state index is 0.349. The molecule has 0 N–H and O–H groups in total. The molecule has 5 nitrogen and oxygen atoms in total. The van der Waals surface area contributed by atoms with Crippen LogP contribution in [0.2, 0.25) is 0 Å². The number of rotatable bonds is 5. The van der Waals surface area contributed by atoms with E-state index < -0.39 is 11.3 Å². The number of benzene rings is 1. The summed E-state index contributed by atoms with van der Waals surface area (Å²) in [6.07, 6.45) is 0. The van der Waals surface area contributed by atoms with E-state index in [-0.39, 0.29) is 0 Å². The van der Waals surface area contributed by atoms with E-state index in [1.165, 1.54) is 28.4 Å². The van der Waals surface area contributed by atoms with Crippen LogP contribution in [0.15, 0.2) is 12.1 Å². The van der Waals surface area contributed by atoms with Gasteiger partial charge in [0.15, 0.2) is 16.9 Å². The largest absolute Gasteiger partial charge is 0.493 e. The smallest absolute Gasteiger partial charge is 0.328 e. The first-order valence-corrected chi connectivity index (χ1v) is 5.55. The molecule has 0 amide bonds. The van der Waals surface area contributed by atoms with E-state index in [2.05, 4.69) is 4.74 Å². The number of hydrogen-bond donors (Lipinski definition) is 0. The van der Waals surface area contributed by atoms with E-state index in [0.29, 0.717) is 22.8 Å². The third-order valence-corrected chi connectivity index (χ3v) is 2.83. The molecule has 18 heavy (non-hydrogen) atoms. The number of hydrogen-bond acceptors (Lipinski definition) is 5. The zero-order valence-electron chi connectivity index (χ0n) is 10.7. The van der Waals surface area contributed by atoms with E-state index in [9.17, 15) is 4.79 Å². The van der Waals surface area contributed by atoms with Crippen LogP contribution >= 0.6 is 11.6 Å². The highest BCUT2D eigenvalue weighted by atomic mass is 35.5. The Morgan fingerprint density at radius 2 is 1.67 bits per heavy atom. The quantitative estimate of drug-likeness (QED) is 0.608. The topological polar surface area (TPSA) is 54.0 Å². The van der Waals surface area contributed by atoms with Crippen LogP contribution in [-0.4, -0.2) is 34.4 Å². The fraction of sp³-hybridized carbons (Fsp3) is 0.417. The number of alkyl halides is 1. The first kappa shape index (κ1) is 14.4. The molecule has 1 unspecified atom stereocenters. The number of carbonyl (C=O) groups is 1. The molecule has 0 fully saturated rings. The van der Waals surface area contributed by atoms with Gasteiger partial charge in [0.1, 0.15) is 0 Å². The number of ether oxygens (including phenoxy) is 4. The van der Waals surface area contributed by atoms with Gasteiger partial charge in [-0.25, -0.2) is 0 Å². The molecule has 0 aliphatic rings. The van der Waals surface area contributed by atoms with Crippen LogP contribution in [0.25, 0.3) is 0 Å². The third-order valence-electron chi connectivity index (χ3n) is 2.42. The number of methoxy groups -OCH3 is 4. The zero-order valence-corrected chi connectivity index (χ0v) is 11.4. The molecule has 0 bridgehead atoms. The van der Waals surface area contributed by atoms with Crippen molar-refractivity contribution < 1.29 is 23.7 Å². The van der Waals surface area contributed by atoms with Gasteiger partial charge in [-0.15, -0.1) is 11.6 Å². The Kier molecular flexibility index (Phi) is 5.09. The summed E-state index contributed by atoms with van der Waals surface area (Å²) in [4.78, 5) is 11.5. The standard InChI is InChI=1S/C12H15ClO5/c1-15-8-6-5-7(9(13)12(14)18-4)10(16-2)11(8)17-3/h5-6,9H,1-4H3. The maximum absolute atomic E-state index is 11.5. The predicted molar refractivity (Wildman–Crippen MR) is 66.7 cm³/mol. The maximum atomic E-state index is 11.5. The summed E-state index contributed by atoms with van der Waals surface area (Å²) in [6, 6.07) is 3.28. The van der Waals surface area contributed by atoms with Crippen molar-refractivity contribution >= 4 is 17.6 Å². The van der Waals surface area contributed by atoms with E-state index in [1.54, 1.807) is 12.1 Å². The minimum atomic E-state index is -0.968. The SMILES string of the molecule is COC(=O)C(Cl)c1ccc(OC)c(OC)c1OC. The highest BCUT2D eigenvalue weighted by Crippen LogP contribution is 2.43.